The van der Waals surface area contributed by atoms with E-state index in [0.29, 0.717) is 17.2 Å². The molecule has 2 atom stereocenters. The summed E-state index contributed by atoms with van der Waals surface area (Å²) in [6.07, 6.45) is 7.07. The highest BCUT2D eigenvalue weighted by atomic mass is 16.4. The second-order valence-electron chi connectivity index (χ2n) is 13.7. The first kappa shape index (κ1) is 26.1. The molecule has 0 N–H and O–H groups in total. The standard InChI is InChI=1S/C41H33N3O2/c1-3-7-37-35(5-1)42-39(45-37)27-9-15-32(16-10-27)44(33-17-11-28(12-18-33)40-43-36-6-2-4-8-38(36)46-40)34-19-13-31(14-20-34)41-23-26-21-29(24-41)30(22-26)25-41/h1-20,26,29-30H,21-25H2. The average molecular weight is 600 g/mol. The van der Waals surface area contributed by atoms with Crippen LogP contribution in [0, 0.1) is 17.8 Å². The Kier molecular flexibility index (Phi) is 5.63. The van der Waals surface area contributed by atoms with Gasteiger partial charge in [0.15, 0.2) is 11.2 Å². The van der Waals surface area contributed by atoms with E-state index in [9.17, 15) is 0 Å². The molecule has 4 bridgehead atoms. The molecule has 5 aromatic carbocycles. The Bertz CT molecular complexity index is 2010. The van der Waals surface area contributed by atoms with Gasteiger partial charge in [0.25, 0.3) is 0 Å². The summed E-state index contributed by atoms with van der Waals surface area (Å²) in [4.78, 5) is 11.7. The van der Waals surface area contributed by atoms with E-state index >= 15 is 0 Å². The Morgan fingerprint density at radius 3 is 1.43 bits per heavy atom. The molecule has 0 amide bonds. The Labute approximate surface area is 267 Å². The molecule has 4 saturated carbocycles. The molecule has 7 aromatic rings. The van der Waals surface area contributed by atoms with Crippen LogP contribution in [-0.2, 0) is 5.41 Å². The van der Waals surface area contributed by atoms with E-state index in [1.807, 2.05) is 48.5 Å². The summed E-state index contributed by atoms with van der Waals surface area (Å²) in [5.41, 5.74) is 10.4. The number of aromatic nitrogens is 2. The number of nitrogens with zero attached hydrogens (tertiary/aromatic N) is 3. The largest absolute Gasteiger partial charge is 0.436 e. The van der Waals surface area contributed by atoms with Gasteiger partial charge in [0.1, 0.15) is 11.0 Å². The lowest BCUT2D eigenvalue weighted by atomic mass is 9.66. The SMILES string of the molecule is c1ccc2oc(-c3ccc(N(c4ccc(-c5nc6ccccc6o5)cc4)c4ccc(C56CC7CC(C5)C(C7)C6)cc4)cc3)nc2c1. The lowest BCUT2D eigenvalue weighted by molar-refractivity contribution is 0.229. The molecule has 224 valence electrons. The van der Waals surface area contributed by atoms with Crippen molar-refractivity contribution in [2.75, 3.05) is 4.90 Å². The maximum atomic E-state index is 6.07. The molecular formula is C41H33N3O2. The summed E-state index contributed by atoms with van der Waals surface area (Å²) in [6.45, 7) is 0. The molecule has 4 aliphatic carbocycles. The topological polar surface area (TPSA) is 55.3 Å². The van der Waals surface area contributed by atoms with Crippen LogP contribution in [0.4, 0.5) is 17.1 Å². The number of benzene rings is 5. The molecule has 11 rings (SSSR count). The first-order valence-corrected chi connectivity index (χ1v) is 16.5. The van der Waals surface area contributed by atoms with Crippen molar-refractivity contribution in [3.63, 3.8) is 0 Å². The monoisotopic (exact) mass is 599 g/mol. The van der Waals surface area contributed by atoms with E-state index in [-0.39, 0.29) is 0 Å². The smallest absolute Gasteiger partial charge is 0.227 e. The number of oxazole rings is 2. The molecule has 0 radical (unpaired) electrons. The minimum Gasteiger partial charge on any atom is -0.436 e. The highest BCUT2D eigenvalue weighted by Gasteiger charge is 2.56. The van der Waals surface area contributed by atoms with Crippen molar-refractivity contribution in [1.29, 1.82) is 0 Å². The number of hydrogen-bond acceptors (Lipinski definition) is 5. The van der Waals surface area contributed by atoms with Gasteiger partial charge in [-0.1, -0.05) is 36.4 Å². The Hall–Kier alpha value is -5.16. The lowest BCUT2D eigenvalue weighted by Gasteiger charge is -2.39. The first-order valence-electron chi connectivity index (χ1n) is 16.5. The van der Waals surface area contributed by atoms with Crippen LogP contribution in [0.2, 0.25) is 0 Å². The molecule has 2 aromatic heterocycles. The third kappa shape index (κ3) is 4.14. The van der Waals surface area contributed by atoms with Crippen LogP contribution in [0.1, 0.15) is 37.7 Å². The molecule has 5 heteroatoms. The molecule has 0 aliphatic heterocycles. The Morgan fingerprint density at radius 1 is 0.522 bits per heavy atom. The van der Waals surface area contributed by atoms with Gasteiger partial charge in [0, 0.05) is 28.2 Å². The average Bonchev–Trinajstić information content (AvgIpc) is 3.85. The number of fused-ring (bicyclic) bond motifs is 2. The molecule has 0 spiro atoms. The number of anilines is 3. The van der Waals surface area contributed by atoms with Crippen molar-refractivity contribution in [3.8, 4) is 22.9 Å². The van der Waals surface area contributed by atoms with Gasteiger partial charge in [0.2, 0.25) is 11.8 Å². The van der Waals surface area contributed by atoms with Gasteiger partial charge in [-0.3, -0.25) is 0 Å². The molecule has 46 heavy (non-hydrogen) atoms. The van der Waals surface area contributed by atoms with Crippen LogP contribution in [0.5, 0.6) is 0 Å². The van der Waals surface area contributed by atoms with Gasteiger partial charge < -0.3 is 13.7 Å². The third-order valence-electron chi connectivity index (χ3n) is 11.0. The molecule has 2 heterocycles. The maximum Gasteiger partial charge on any atom is 0.227 e. The van der Waals surface area contributed by atoms with Crippen LogP contribution in [0.25, 0.3) is 45.1 Å². The van der Waals surface area contributed by atoms with Crippen LogP contribution in [0.3, 0.4) is 0 Å². The summed E-state index contributed by atoms with van der Waals surface area (Å²) in [6, 6.07) is 42.3. The van der Waals surface area contributed by atoms with Crippen molar-refractivity contribution in [2.45, 2.75) is 37.5 Å². The summed E-state index contributed by atoms with van der Waals surface area (Å²) in [5.74, 6) is 4.11. The fourth-order valence-electron chi connectivity index (χ4n) is 9.07. The highest BCUT2D eigenvalue weighted by molar-refractivity contribution is 5.81. The normalized spacial score (nSPS) is 23.1. The predicted octanol–water partition coefficient (Wildman–Crippen LogP) is 10.9. The molecule has 4 fully saturated rings. The minimum atomic E-state index is 0.391. The van der Waals surface area contributed by atoms with Gasteiger partial charge >= 0.3 is 0 Å². The molecule has 2 unspecified atom stereocenters. The third-order valence-corrected chi connectivity index (χ3v) is 11.0. The Morgan fingerprint density at radius 2 is 0.978 bits per heavy atom. The lowest BCUT2D eigenvalue weighted by Crippen LogP contribution is -2.31. The second kappa shape index (κ2) is 9.92. The van der Waals surface area contributed by atoms with Crippen LogP contribution in [-0.4, -0.2) is 9.97 Å². The van der Waals surface area contributed by atoms with E-state index in [1.54, 1.807) is 0 Å². The zero-order chi connectivity index (χ0) is 30.2. The number of para-hydroxylation sites is 4. The fourth-order valence-corrected chi connectivity index (χ4v) is 9.07. The van der Waals surface area contributed by atoms with Crippen molar-refractivity contribution in [2.24, 2.45) is 17.8 Å². The maximum absolute atomic E-state index is 6.07. The van der Waals surface area contributed by atoms with Crippen molar-refractivity contribution in [1.82, 2.24) is 9.97 Å². The van der Waals surface area contributed by atoms with Gasteiger partial charge in [-0.25, -0.2) is 9.97 Å². The number of hydrogen-bond donors (Lipinski definition) is 0. The van der Waals surface area contributed by atoms with Crippen molar-refractivity contribution in [3.05, 3.63) is 127 Å². The van der Waals surface area contributed by atoms with Gasteiger partial charge in [-0.05, 0) is 146 Å². The van der Waals surface area contributed by atoms with Crippen molar-refractivity contribution >= 4 is 39.3 Å². The van der Waals surface area contributed by atoms with Crippen LogP contribution >= 0.6 is 0 Å². The second-order valence-corrected chi connectivity index (χ2v) is 13.7. The summed E-state index contributed by atoms with van der Waals surface area (Å²) >= 11 is 0. The number of rotatable bonds is 6. The van der Waals surface area contributed by atoms with Crippen LogP contribution in [0.15, 0.2) is 130 Å². The van der Waals surface area contributed by atoms with Crippen molar-refractivity contribution < 1.29 is 8.83 Å². The van der Waals surface area contributed by atoms with E-state index in [2.05, 4.69) is 77.7 Å². The van der Waals surface area contributed by atoms with Crippen LogP contribution < -0.4 is 4.90 Å². The molecule has 0 saturated heterocycles. The Balaban J connectivity index is 1.01. The summed E-state index contributed by atoms with van der Waals surface area (Å²) < 4.78 is 12.1. The minimum absolute atomic E-state index is 0.391. The molecule has 5 nitrogen and oxygen atoms in total. The van der Waals surface area contributed by atoms with Gasteiger partial charge in [-0.2, -0.15) is 0 Å². The van der Waals surface area contributed by atoms with Gasteiger partial charge in [0.05, 0.1) is 0 Å². The molecule has 4 aliphatic rings. The van der Waals surface area contributed by atoms with E-state index in [4.69, 9.17) is 18.8 Å². The quantitative estimate of drug-likeness (QED) is 0.190. The zero-order valence-electron chi connectivity index (χ0n) is 25.5. The summed E-state index contributed by atoms with van der Waals surface area (Å²) in [5, 5.41) is 0. The molecular weight excluding hydrogens is 566 g/mol. The van der Waals surface area contributed by atoms with E-state index in [0.717, 1.165) is 68.1 Å². The summed E-state index contributed by atoms with van der Waals surface area (Å²) in [7, 11) is 0. The first-order chi connectivity index (χ1) is 22.7. The van der Waals surface area contributed by atoms with Gasteiger partial charge in [-0.15, -0.1) is 0 Å². The highest BCUT2D eigenvalue weighted by Crippen LogP contribution is 2.64. The zero-order valence-corrected chi connectivity index (χ0v) is 25.5. The van der Waals surface area contributed by atoms with E-state index in [1.165, 1.54) is 37.7 Å². The predicted molar refractivity (Wildman–Crippen MR) is 182 cm³/mol. The van der Waals surface area contributed by atoms with E-state index < -0.39 is 0 Å². The fraction of sp³-hybridized carbons (Fsp3) is 0.220.